The lowest BCUT2D eigenvalue weighted by atomic mass is 10.1. The third-order valence-corrected chi connectivity index (χ3v) is 1.03. The summed E-state index contributed by atoms with van der Waals surface area (Å²) in [5.74, 6) is -3.78. The summed E-state index contributed by atoms with van der Waals surface area (Å²) in [6.07, 6.45) is -1.35. The van der Waals surface area contributed by atoms with Gasteiger partial charge < -0.3 is 5.11 Å². The normalized spacial score (nSPS) is 9.08. The first-order valence-corrected chi connectivity index (χ1v) is 3.20. The molecule has 0 bridgehead atoms. The summed E-state index contributed by atoms with van der Waals surface area (Å²) in [5.41, 5.74) is 0. The van der Waals surface area contributed by atoms with Crippen LogP contribution in [-0.4, -0.2) is 28.4 Å². The second kappa shape index (κ2) is 4.38. The van der Waals surface area contributed by atoms with Gasteiger partial charge in [-0.3, -0.25) is 19.2 Å². The molecule has 0 aliphatic carbocycles. The van der Waals surface area contributed by atoms with E-state index in [1.165, 1.54) is 0 Å². The number of carbonyl (C=O) groups is 4. The van der Waals surface area contributed by atoms with Crippen LogP contribution in [0.25, 0.3) is 0 Å². The average molecular weight is 172 g/mol. The molecule has 0 unspecified atom stereocenters. The molecule has 0 fully saturated rings. The van der Waals surface area contributed by atoms with Crippen LogP contribution >= 0.6 is 0 Å². The zero-order valence-corrected chi connectivity index (χ0v) is 6.49. The van der Waals surface area contributed by atoms with Crippen LogP contribution in [0.5, 0.6) is 0 Å². The highest BCUT2D eigenvalue weighted by atomic mass is 16.4. The Morgan fingerprint density at radius 2 is 1.42 bits per heavy atom. The number of carboxylic acids is 1. The first-order valence-electron chi connectivity index (χ1n) is 3.20. The molecular formula is C7H8O5. The van der Waals surface area contributed by atoms with Gasteiger partial charge >= 0.3 is 5.97 Å². The molecule has 0 saturated heterocycles. The number of aliphatic carboxylic acids is 1. The maximum absolute atomic E-state index is 10.7. The lowest BCUT2D eigenvalue weighted by Crippen LogP contribution is -2.19. The quantitative estimate of drug-likeness (QED) is 0.449. The highest BCUT2D eigenvalue weighted by molar-refractivity contribution is 6.42. The standard InChI is InChI=1S/C7H8O5/c1-4(8)2-5(9)6(10)3-7(11)12/h2-3H2,1H3,(H,11,12). The number of hydrogen-bond donors (Lipinski definition) is 1. The van der Waals surface area contributed by atoms with Crippen LogP contribution in [0.2, 0.25) is 0 Å². The molecule has 0 saturated carbocycles. The van der Waals surface area contributed by atoms with E-state index in [0.717, 1.165) is 6.92 Å². The van der Waals surface area contributed by atoms with Gasteiger partial charge in [0.1, 0.15) is 12.2 Å². The van der Waals surface area contributed by atoms with E-state index in [0.29, 0.717) is 0 Å². The highest BCUT2D eigenvalue weighted by Crippen LogP contribution is 1.91. The van der Waals surface area contributed by atoms with E-state index in [4.69, 9.17) is 5.11 Å². The molecule has 0 aromatic rings. The van der Waals surface area contributed by atoms with Crippen molar-refractivity contribution in [3.05, 3.63) is 0 Å². The monoisotopic (exact) mass is 172 g/mol. The minimum Gasteiger partial charge on any atom is -0.481 e. The number of ketones is 3. The number of carbonyl (C=O) groups excluding carboxylic acids is 3. The molecule has 0 rings (SSSR count). The average Bonchev–Trinajstić information content (AvgIpc) is 1.84. The third-order valence-electron chi connectivity index (χ3n) is 1.03. The number of hydrogen-bond acceptors (Lipinski definition) is 4. The van der Waals surface area contributed by atoms with Crippen molar-refractivity contribution >= 4 is 23.3 Å². The van der Waals surface area contributed by atoms with Gasteiger partial charge in [0, 0.05) is 0 Å². The Bertz CT molecular complexity index is 214. The molecule has 1 N–H and O–H groups in total. The van der Waals surface area contributed by atoms with Crippen molar-refractivity contribution in [3.8, 4) is 0 Å². The number of carboxylic acid groups (broad SMARTS) is 1. The van der Waals surface area contributed by atoms with Crippen LogP contribution in [0.4, 0.5) is 0 Å². The lowest BCUT2D eigenvalue weighted by molar-refractivity contribution is -0.145. The maximum Gasteiger partial charge on any atom is 0.311 e. The minimum atomic E-state index is -1.36. The topological polar surface area (TPSA) is 88.5 Å². The molecule has 0 spiro atoms. The van der Waals surface area contributed by atoms with Crippen LogP contribution < -0.4 is 0 Å². The van der Waals surface area contributed by atoms with Crippen molar-refractivity contribution in [1.29, 1.82) is 0 Å². The van der Waals surface area contributed by atoms with Crippen molar-refractivity contribution in [2.24, 2.45) is 0 Å². The maximum atomic E-state index is 10.7. The molecule has 0 aliphatic heterocycles. The second-order valence-corrected chi connectivity index (χ2v) is 2.30. The number of Topliss-reactive ketones (excluding diaryl/α,β-unsaturated/α-hetero) is 3. The molecule has 0 aliphatic rings. The van der Waals surface area contributed by atoms with Gasteiger partial charge in [-0.05, 0) is 6.92 Å². The summed E-state index contributed by atoms with van der Waals surface area (Å²) in [4.78, 5) is 41.5. The van der Waals surface area contributed by atoms with Gasteiger partial charge in [-0.1, -0.05) is 0 Å². The number of rotatable bonds is 5. The van der Waals surface area contributed by atoms with Crippen LogP contribution in [0.1, 0.15) is 19.8 Å². The lowest BCUT2D eigenvalue weighted by Gasteiger charge is -1.92. The van der Waals surface area contributed by atoms with E-state index in [1.54, 1.807) is 0 Å². The molecule has 0 atom stereocenters. The highest BCUT2D eigenvalue weighted by Gasteiger charge is 2.18. The molecule has 0 aromatic carbocycles. The Balaban J connectivity index is 4.03. The molecule has 0 radical (unpaired) electrons. The fourth-order valence-electron chi connectivity index (χ4n) is 0.561. The van der Waals surface area contributed by atoms with Crippen molar-refractivity contribution < 1.29 is 24.3 Å². The van der Waals surface area contributed by atoms with Crippen molar-refractivity contribution in [2.45, 2.75) is 19.8 Å². The van der Waals surface area contributed by atoms with Crippen LogP contribution in [0.3, 0.4) is 0 Å². The largest absolute Gasteiger partial charge is 0.481 e. The van der Waals surface area contributed by atoms with Gasteiger partial charge in [-0.2, -0.15) is 0 Å². The van der Waals surface area contributed by atoms with Crippen molar-refractivity contribution in [3.63, 3.8) is 0 Å². The third kappa shape index (κ3) is 4.32. The van der Waals surface area contributed by atoms with E-state index in [1.807, 2.05) is 0 Å². The van der Waals surface area contributed by atoms with Gasteiger partial charge in [-0.15, -0.1) is 0 Å². The summed E-state index contributed by atoms with van der Waals surface area (Å²) < 4.78 is 0. The molecule has 5 nitrogen and oxygen atoms in total. The molecule has 66 valence electrons. The van der Waals surface area contributed by atoms with Gasteiger partial charge in [-0.25, -0.2) is 0 Å². The van der Waals surface area contributed by atoms with Gasteiger partial charge in [0.2, 0.25) is 11.6 Å². The predicted molar refractivity (Wildman–Crippen MR) is 37.6 cm³/mol. The van der Waals surface area contributed by atoms with E-state index < -0.39 is 36.2 Å². The van der Waals surface area contributed by atoms with Crippen molar-refractivity contribution in [1.82, 2.24) is 0 Å². The minimum absolute atomic E-state index is 0.446. The van der Waals surface area contributed by atoms with Crippen LogP contribution in [-0.2, 0) is 19.2 Å². The Hall–Kier alpha value is -1.52. The summed E-state index contributed by atoms with van der Waals surface area (Å²) >= 11 is 0. The van der Waals surface area contributed by atoms with E-state index in [-0.39, 0.29) is 0 Å². The van der Waals surface area contributed by atoms with Crippen LogP contribution in [0, 0.1) is 0 Å². The van der Waals surface area contributed by atoms with Gasteiger partial charge in [0.15, 0.2) is 0 Å². The molecule has 5 heteroatoms. The van der Waals surface area contributed by atoms with Crippen molar-refractivity contribution in [2.75, 3.05) is 0 Å². The second-order valence-electron chi connectivity index (χ2n) is 2.30. The van der Waals surface area contributed by atoms with Crippen LogP contribution in [0.15, 0.2) is 0 Å². The smallest absolute Gasteiger partial charge is 0.311 e. The van der Waals surface area contributed by atoms with E-state index >= 15 is 0 Å². The summed E-state index contributed by atoms with van der Waals surface area (Å²) in [5, 5.41) is 8.11. The summed E-state index contributed by atoms with van der Waals surface area (Å²) in [6, 6.07) is 0. The van der Waals surface area contributed by atoms with E-state index in [2.05, 4.69) is 0 Å². The zero-order valence-electron chi connectivity index (χ0n) is 6.49. The SMILES string of the molecule is CC(=O)CC(=O)C(=O)CC(=O)O. The molecule has 0 aromatic heterocycles. The molecular weight excluding hydrogens is 164 g/mol. The molecule has 12 heavy (non-hydrogen) atoms. The van der Waals surface area contributed by atoms with E-state index in [9.17, 15) is 19.2 Å². The Morgan fingerprint density at radius 3 is 1.75 bits per heavy atom. The van der Waals surface area contributed by atoms with Gasteiger partial charge in [0.25, 0.3) is 0 Å². The fourth-order valence-corrected chi connectivity index (χ4v) is 0.561. The van der Waals surface area contributed by atoms with Gasteiger partial charge in [0.05, 0.1) is 6.42 Å². The Morgan fingerprint density at radius 1 is 1.00 bits per heavy atom. The zero-order chi connectivity index (χ0) is 9.72. The first kappa shape index (κ1) is 10.5. The molecule has 0 heterocycles. The fraction of sp³-hybridized carbons (Fsp3) is 0.429. The predicted octanol–water partition coefficient (Wildman–Crippen LogP) is -0.422. The Labute approximate surface area is 68.4 Å². The first-order chi connectivity index (χ1) is 5.43. The summed E-state index contributed by atoms with van der Waals surface area (Å²) in [6.45, 7) is 1.16. The summed E-state index contributed by atoms with van der Waals surface area (Å²) in [7, 11) is 0. The molecule has 0 amide bonds. The Kier molecular flexibility index (Phi) is 3.82.